The van der Waals surface area contributed by atoms with Crippen molar-refractivity contribution in [1.82, 2.24) is 0 Å². The molecular weight excluding hydrogens is 320 g/mol. The predicted molar refractivity (Wildman–Crippen MR) is 93.7 cm³/mol. The van der Waals surface area contributed by atoms with Gasteiger partial charge in [-0.1, -0.05) is 82.2 Å². The zero-order chi connectivity index (χ0) is 14.4. The van der Waals surface area contributed by atoms with Gasteiger partial charge in [-0.3, -0.25) is 0 Å². The number of fused-ring (bicyclic) bond motifs is 2. The fraction of sp³-hybridized carbons (Fsp3) is 0.100. The molecule has 1 unspecified atom stereocenters. The molecule has 3 aromatic carbocycles. The van der Waals surface area contributed by atoms with E-state index in [2.05, 4.69) is 89.6 Å². The number of hydrogen-bond acceptors (Lipinski definition) is 0. The maximum Gasteiger partial charge on any atom is 0.0285 e. The van der Waals surface area contributed by atoms with Crippen LogP contribution in [0.2, 0.25) is 0 Å². The van der Waals surface area contributed by atoms with Crippen LogP contribution in [0, 0.1) is 6.92 Å². The van der Waals surface area contributed by atoms with E-state index in [1.807, 2.05) is 0 Å². The largest absolute Gasteiger partial charge is 0.0720 e. The summed E-state index contributed by atoms with van der Waals surface area (Å²) < 4.78 is 1.17. The Morgan fingerprint density at radius 1 is 0.857 bits per heavy atom. The van der Waals surface area contributed by atoms with E-state index in [9.17, 15) is 0 Å². The number of aryl methyl sites for hydroxylation is 1. The lowest BCUT2D eigenvalue weighted by Crippen LogP contribution is -1.98. The summed E-state index contributed by atoms with van der Waals surface area (Å²) in [5, 5.41) is 2.63. The normalized spacial score (nSPS) is 16.4. The van der Waals surface area contributed by atoms with Crippen LogP contribution < -0.4 is 0 Å². The molecule has 0 N–H and O–H groups in total. The zero-order valence-corrected chi connectivity index (χ0v) is 13.4. The van der Waals surface area contributed by atoms with Crippen molar-refractivity contribution in [2.45, 2.75) is 12.8 Å². The number of rotatable bonds is 1. The summed E-state index contributed by atoms with van der Waals surface area (Å²) in [6.07, 6.45) is 4.56. The summed E-state index contributed by atoms with van der Waals surface area (Å²) >= 11 is 3.69. The molecule has 4 rings (SSSR count). The summed E-state index contributed by atoms with van der Waals surface area (Å²) in [5.74, 6) is 0.359. The maximum atomic E-state index is 3.69. The van der Waals surface area contributed by atoms with Crippen LogP contribution in [0.25, 0.3) is 16.8 Å². The van der Waals surface area contributed by atoms with Crippen molar-refractivity contribution >= 4 is 32.8 Å². The highest BCUT2D eigenvalue weighted by Gasteiger charge is 2.21. The van der Waals surface area contributed by atoms with E-state index >= 15 is 0 Å². The van der Waals surface area contributed by atoms with E-state index < -0.39 is 0 Å². The fourth-order valence-electron chi connectivity index (χ4n) is 3.31. The molecular formula is C20H15Br. The molecule has 102 valence electrons. The Balaban J connectivity index is 2.00. The first-order valence-electron chi connectivity index (χ1n) is 7.20. The first kappa shape index (κ1) is 12.8. The van der Waals surface area contributed by atoms with Crippen LogP contribution in [-0.2, 0) is 0 Å². The van der Waals surface area contributed by atoms with E-state index in [0.717, 1.165) is 0 Å². The number of benzene rings is 3. The molecule has 0 fully saturated rings. The molecule has 1 aliphatic rings. The van der Waals surface area contributed by atoms with Crippen molar-refractivity contribution in [2.75, 3.05) is 0 Å². The molecule has 0 amide bonds. The van der Waals surface area contributed by atoms with Gasteiger partial charge in [0.05, 0.1) is 0 Å². The molecule has 3 aromatic rings. The van der Waals surface area contributed by atoms with Crippen LogP contribution in [-0.4, -0.2) is 0 Å². The lowest BCUT2D eigenvalue weighted by atomic mass is 9.88. The van der Waals surface area contributed by atoms with Gasteiger partial charge in [0.2, 0.25) is 0 Å². The van der Waals surface area contributed by atoms with Gasteiger partial charge in [-0.05, 0) is 40.5 Å². The van der Waals surface area contributed by atoms with Crippen LogP contribution in [0.15, 0.2) is 65.1 Å². The van der Waals surface area contributed by atoms with Gasteiger partial charge >= 0.3 is 0 Å². The van der Waals surface area contributed by atoms with Crippen molar-refractivity contribution in [3.63, 3.8) is 0 Å². The second-order valence-electron chi connectivity index (χ2n) is 5.65. The summed E-state index contributed by atoms with van der Waals surface area (Å²) in [4.78, 5) is 0. The molecule has 0 spiro atoms. The van der Waals surface area contributed by atoms with Gasteiger partial charge in [-0.25, -0.2) is 0 Å². The van der Waals surface area contributed by atoms with Gasteiger partial charge in [-0.2, -0.15) is 0 Å². The van der Waals surface area contributed by atoms with E-state index in [4.69, 9.17) is 0 Å². The Bertz CT molecular complexity index is 874. The lowest BCUT2D eigenvalue weighted by molar-refractivity contribution is 1.06. The minimum absolute atomic E-state index is 0.359. The monoisotopic (exact) mass is 334 g/mol. The summed E-state index contributed by atoms with van der Waals surface area (Å²) in [6, 6.07) is 19.7. The highest BCUT2D eigenvalue weighted by Crippen LogP contribution is 2.40. The van der Waals surface area contributed by atoms with Crippen LogP contribution in [0.1, 0.15) is 28.2 Å². The quantitative estimate of drug-likeness (QED) is 0.506. The van der Waals surface area contributed by atoms with Crippen molar-refractivity contribution in [1.29, 1.82) is 0 Å². The summed E-state index contributed by atoms with van der Waals surface area (Å²) in [5.41, 5.74) is 5.45. The molecule has 1 aliphatic carbocycles. The molecule has 0 nitrogen and oxygen atoms in total. The molecule has 21 heavy (non-hydrogen) atoms. The third-order valence-corrected chi connectivity index (χ3v) is 4.94. The SMILES string of the molecule is Cc1cc(C2C=Cc3ccccc32)c2cccc(Br)c2c1. The molecule has 0 saturated carbocycles. The van der Waals surface area contributed by atoms with Crippen LogP contribution in [0.3, 0.4) is 0 Å². The Hall–Kier alpha value is -1.86. The third kappa shape index (κ3) is 2.04. The molecule has 1 heteroatoms. The molecule has 0 aliphatic heterocycles. The van der Waals surface area contributed by atoms with E-state index in [1.165, 1.54) is 37.5 Å². The average Bonchev–Trinajstić information content (AvgIpc) is 2.91. The molecule has 0 aromatic heterocycles. The standard InChI is InChI=1S/C20H15Br/c1-13-11-18(16-7-4-8-20(21)19(16)12-13)17-10-9-14-5-2-3-6-15(14)17/h2-12,17H,1H3. The lowest BCUT2D eigenvalue weighted by Gasteiger charge is -2.16. The van der Waals surface area contributed by atoms with Crippen LogP contribution in [0.5, 0.6) is 0 Å². The highest BCUT2D eigenvalue weighted by molar-refractivity contribution is 9.10. The van der Waals surface area contributed by atoms with Crippen molar-refractivity contribution in [3.8, 4) is 0 Å². The average molecular weight is 335 g/mol. The zero-order valence-electron chi connectivity index (χ0n) is 11.8. The summed E-state index contributed by atoms with van der Waals surface area (Å²) in [6.45, 7) is 2.17. The minimum Gasteiger partial charge on any atom is -0.0720 e. The number of halogens is 1. The minimum atomic E-state index is 0.359. The first-order valence-corrected chi connectivity index (χ1v) is 7.99. The molecule has 0 saturated heterocycles. The number of allylic oxidation sites excluding steroid dienone is 1. The number of hydrogen-bond donors (Lipinski definition) is 0. The van der Waals surface area contributed by atoms with Crippen molar-refractivity contribution in [2.24, 2.45) is 0 Å². The van der Waals surface area contributed by atoms with Gasteiger partial charge < -0.3 is 0 Å². The van der Waals surface area contributed by atoms with E-state index in [1.54, 1.807) is 0 Å². The maximum absolute atomic E-state index is 3.69. The topological polar surface area (TPSA) is 0 Å². The summed E-state index contributed by atoms with van der Waals surface area (Å²) in [7, 11) is 0. The Morgan fingerprint density at radius 3 is 2.62 bits per heavy atom. The van der Waals surface area contributed by atoms with Crippen LogP contribution in [0.4, 0.5) is 0 Å². The van der Waals surface area contributed by atoms with Gasteiger partial charge in [0.1, 0.15) is 0 Å². The van der Waals surface area contributed by atoms with Gasteiger partial charge in [0, 0.05) is 10.4 Å². The van der Waals surface area contributed by atoms with Crippen molar-refractivity contribution < 1.29 is 0 Å². The van der Waals surface area contributed by atoms with Gasteiger partial charge in [0.15, 0.2) is 0 Å². The fourth-order valence-corrected chi connectivity index (χ4v) is 3.79. The molecule has 0 bridgehead atoms. The van der Waals surface area contributed by atoms with Gasteiger partial charge in [0.25, 0.3) is 0 Å². The molecule has 1 atom stereocenters. The Kier molecular flexibility index (Phi) is 2.97. The Morgan fingerprint density at radius 2 is 1.71 bits per heavy atom. The second-order valence-corrected chi connectivity index (χ2v) is 6.51. The van der Waals surface area contributed by atoms with E-state index in [0.29, 0.717) is 5.92 Å². The van der Waals surface area contributed by atoms with Crippen molar-refractivity contribution in [3.05, 3.63) is 87.4 Å². The van der Waals surface area contributed by atoms with Crippen LogP contribution >= 0.6 is 15.9 Å². The molecule has 0 radical (unpaired) electrons. The third-order valence-electron chi connectivity index (χ3n) is 4.25. The Labute approximate surface area is 133 Å². The molecule has 0 heterocycles. The predicted octanol–water partition coefficient (Wildman–Crippen LogP) is 6.07. The highest BCUT2D eigenvalue weighted by atomic mass is 79.9. The van der Waals surface area contributed by atoms with E-state index in [-0.39, 0.29) is 0 Å². The van der Waals surface area contributed by atoms with Gasteiger partial charge in [-0.15, -0.1) is 0 Å². The first-order chi connectivity index (χ1) is 10.2. The second kappa shape index (κ2) is 4.85. The smallest absolute Gasteiger partial charge is 0.0285 e.